The van der Waals surface area contributed by atoms with Crippen LogP contribution in [0.4, 0.5) is 0 Å². The second-order valence-electron chi connectivity index (χ2n) is 7.41. The number of likely N-dealkylation sites (tertiary alicyclic amines) is 1. The number of amides is 1. The van der Waals surface area contributed by atoms with Crippen LogP contribution >= 0.6 is 0 Å². The Kier molecular flexibility index (Phi) is 5.69. The predicted molar refractivity (Wildman–Crippen MR) is 102 cm³/mol. The van der Waals surface area contributed by atoms with E-state index in [1.165, 1.54) is 10.9 Å². The monoisotopic (exact) mass is 339 g/mol. The van der Waals surface area contributed by atoms with Crippen LogP contribution in [0.15, 0.2) is 36.5 Å². The molecule has 0 bridgehead atoms. The molecule has 0 saturated carbocycles. The minimum atomic E-state index is 0.0909. The number of piperidine rings is 1. The fraction of sp³-hybridized carbons (Fsp3) is 0.524. The lowest BCUT2D eigenvalue weighted by Gasteiger charge is -2.39. The molecule has 1 fully saturated rings. The molecule has 134 valence electrons. The number of fused-ring (bicyclic) bond motifs is 1. The van der Waals surface area contributed by atoms with E-state index >= 15 is 0 Å². The Labute approximate surface area is 150 Å². The first kappa shape index (κ1) is 17.9. The summed E-state index contributed by atoms with van der Waals surface area (Å²) in [4.78, 5) is 18.7. The quantitative estimate of drug-likeness (QED) is 0.905. The Morgan fingerprint density at radius 2 is 2.20 bits per heavy atom. The number of hydrogen-bond acceptors (Lipinski definition) is 3. The van der Waals surface area contributed by atoms with Crippen LogP contribution in [0.5, 0.6) is 0 Å². The van der Waals surface area contributed by atoms with Crippen LogP contribution in [0.3, 0.4) is 0 Å². The molecule has 1 aromatic carbocycles. The van der Waals surface area contributed by atoms with Gasteiger partial charge in [-0.05, 0) is 36.1 Å². The normalized spacial score (nSPS) is 21.0. The van der Waals surface area contributed by atoms with E-state index in [0.717, 1.165) is 38.0 Å². The number of hydrogen-bond donors (Lipinski definition) is 1. The number of benzene rings is 1. The molecule has 4 heteroatoms. The Morgan fingerprint density at radius 3 is 2.96 bits per heavy atom. The van der Waals surface area contributed by atoms with E-state index in [0.29, 0.717) is 17.9 Å². The van der Waals surface area contributed by atoms with E-state index in [1.807, 2.05) is 26.1 Å². The van der Waals surface area contributed by atoms with E-state index in [4.69, 9.17) is 0 Å². The lowest BCUT2D eigenvalue weighted by molar-refractivity contribution is -0.136. The van der Waals surface area contributed by atoms with Gasteiger partial charge in [0.25, 0.3) is 0 Å². The molecule has 2 heterocycles. The molecular weight excluding hydrogens is 310 g/mol. The SMILES string of the molecule is CCC1CN(C(=O)C(C)C)CCC1NCc1ccc2ncccc2c1. The fourth-order valence-electron chi connectivity index (χ4n) is 3.76. The largest absolute Gasteiger partial charge is 0.342 e. The molecule has 4 nitrogen and oxygen atoms in total. The Balaban J connectivity index is 1.61. The molecule has 0 aliphatic carbocycles. The summed E-state index contributed by atoms with van der Waals surface area (Å²) in [5.74, 6) is 0.908. The number of carbonyl (C=O) groups excluding carboxylic acids is 1. The maximum Gasteiger partial charge on any atom is 0.225 e. The molecule has 0 spiro atoms. The minimum Gasteiger partial charge on any atom is -0.342 e. The van der Waals surface area contributed by atoms with E-state index in [2.05, 4.69) is 46.4 Å². The first-order chi connectivity index (χ1) is 12.1. The molecule has 1 N–H and O–H groups in total. The van der Waals surface area contributed by atoms with Gasteiger partial charge in [-0.1, -0.05) is 39.3 Å². The third kappa shape index (κ3) is 4.18. The van der Waals surface area contributed by atoms with Gasteiger partial charge in [-0.2, -0.15) is 0 Å². The third-order valence-corrected chi connectivity index (χ3v) is 5.30. The lowest BCUT2D eigenvalue weighted by atomic mass is 9.89. The highest BCUT2D eigenvalue weighted by Gasteiger charge is 2.30. The molecular formula is C21H29N3O. The van der Waals surface area contributed by atoms with E-state index in [1.54, 1.807) is 0 Å². The molecule has 25 heavy (non-hydrogen) atoms. The minimum absolute atomic E-state index is 0.0909. The second kappa shape index (κ2) is 7.96. The molecule has 1 aliphatic rings. The van der Waals surface area contributed by atoms with Crippen LogP contribution < -0.4 is 5.32 Å². The van der Waals surface area contributed by atoms with Gasteiger partial charge in [0.05, 0.1) is 5.52 Å². The van der Waals surface area contributed by atoms with Crippen LogP contribution in [-0.2, 0) is 11.3 Å². The van der Waals surface area contributed by atoms with E-state index in [9.17, 15) is 4.79 Å². The van der Waals surface area contributed by atoms with Gasteiger partial charge in [0.2, 0.25) is 5.91 Å². The number of pyridine rings is 1. The Morgan fingerprint density at radius 1 is 1.36 bits per heavy atom. The smallest absolute Gasteiger partial charge is 0.225 e. The summed E-state index contributed by atoms with van der Waals surface area (Å²) in [7, 11) is 0. The third-order valence-electron chi connectivity index (χ3n) is 5.30. The van der Waals surface area contributed by atoms with Crippen molar-refractivity contribution in [2.75, 3.05) is 13.1 Å². The van der Waals surface area contributed by atoms with E-state index in [-0.39, 0.29) is 5.92 Å². The van der Waals surface area contributed by atoms with Crippen molar-refractivity contribution in [3.63, 3.8) is 0 Å². The number of nitrogens with zero attached hydrogens (tertiary/aromatic N) is 2. The van der Waals surface area contributed by atoms with Crippen LogP contribution in [0.25, 0.3) is 10.9 Å². The average Bonchev–Trinajstić information content (AvgIpc) is 2.65. The molecule has 1 aliphatic heterocycles. The maximum atomic E-state index is 12.3. The van der Waals surface area contributed by atoms with Gasteiger partial charge in [0, 0.05) is 43.2 Å². The van der Waals surface area contributed by atoms with Crippen LogP contribution in [-0.4, -0.2) is 34.9 Å². The van der Waals surface area contributed by atoms with E-state index < -0.39 is 0 Å². The van der Waals surface area contributed by atoms with Gasteiger partial charge >= 0.3 is 0 Å². The van der Waals surface area contributed by atoms with Crippen LogP contribution in [0.1, 0.15) is 39.2 Å². The standard InChI is InChI=1S/C21H29N3O/c1-4-17-14-24(21(25)15(2)3)11-9-20(17)23-13-16-7-8-19-18(12-16)6-5-10-22-19/h5-8,10,12,15,17,20,23H,4,9,11,13-14H2,1-3H3. The van der Waals surface area contributed by atoms with Crippen LogP contribution in [0.2, 0.25) is 0 Å². The Hall–Kier alpha value is -1.94. The summed E-state index contributed by atoms with van der Waals surface area (Å²) >= 11 is 0. The van der Waals surface area contributed by atoms with Crippen molar-refractivity contribution in [2.45, 2.75) is 46.2 Å². The van der Waals surface area contributed by atoms with Crippen LogP contribution in [0, 0.1) is 11.8 Å². The van der Waals surface area contributed by atoms with Crippen molar-refractivity contribution in [1.82, 2.24) is 15.2 Å². The maximum absolute atomic E-state index is 12.3. The van der Waals surface area contributed by atoms with Gasteiger partial charge in [-0.25, -0.2) is 0 Å². The summed E-state index contributed by atoms with van der Waals surface area (Å²) in [5.41, 5.74) is 2.33. The van der Waals surface area contributed by atoms with Crippen molar-refractivity contribution in [3.8, 4) is 0 Å². The van der Waals surface area contributed by atoms with Gasteiger partial charge in [-0.3, -0.25) is 9.78 Å². The van der Waals surface area contributed by atoms with Crippen molar-refractivity contribution < 1.29 is 4.79 Å². The van der Waals surface area contributed by atoms with Gasteiger partial charge in [0.1, 0.15) is 0 Å². The Bertz CT molecular complexity index is 728. The molecule has 2 atom stereocenters. The van der Waals surface area contributed by atoms with Crippen molar-refractivity contribution in [3.05, 3.63) is 42.1 Å². The molecule has 3 rings (SSSR count). The van der Waals surface area contributed by atoms with Gasteiger partial charge in [-0.15, -0.1) is 0 Å². The highest BCUT2D eigenvalue weighted by Crippen LogP contribution is 2.22. The summed E-state index contributed by atoms with van der Waals surface area (Å²) in [5, 5.41) is 4.92. The number of nitrogens with one attached hydrogen (secondary N) is 1. The zero-order valence-electron chi connectivity index (χ0n) is 15.5. The van der Waals surface area contributed by atoms with Crippen molar-refractivity contribution in [2.24, 2.45) is 11.8 Å². The second-order valence-corrected chi connectivity index (χ2v) is 7.41. The first-order valence-corrected chi connectivity index (χ1v) is 9.44. The molecule has 2 aromatic rings. The molecule has 2 unspecified atom stereocenters. The number of rotatable bonds is 5. The van der Waals surface area contributed by atoms with Crippen molar-refractivity contribution in [1.29, 1.82) is 0 Å². The molecule has 1 saturated heterocycles. The summed E-state index contributed by atoms with van der Waals surface area (Å²) in [6.07, 6.45) is 3.96. The highest BCUT2D eigenvalue weighted by atomic mass is 16.2. The average molecular weight is 339 g/mol. The fourth-order valence-corrected chi connectivity index (χ4v) is 3.76. The number of carbonyl (C=O) groups is 1. The van der Waals surface area contributed by atoms with Gasteiger partial charge < -0.3 is 10.2 Å². The van der Waals surface area contributed by atoms with Crippen molar-refractivity contribution >= 4 is 16.8 Å². The topological polar surface area (TPSA) is 45.2 Å². The summed E-state index contributed by atoms with van der Waals surface area (Å²) in [6.45, 7) is 8.82. The zero-order valence-corrected chi connectivity index (χ0v) is 15.5. The summed E-state index contributed by atoms with van der Waals surface area (Å²) < 4.78 is 0. The van der Waals surface area contributed by atoms with Gasteiger partial charge in [0.15, 0.2) is 0 Å². The lowest BCUT2D eigenvalue weighted by Crippen LogP contribution is -2.51. The molecule has 1 aromatic heterocycles. The predicted octanol–water partition coefficient (Wildman–Crippen LogP) is 3.61. The summed E-state index contributed by atoms with van der Waals surface area (Å²) in [6, 6.07) is 11.0. The molecule has 0 radical (unpaired) electrons. The first-order valence-electron chi connectivity index (χ1n) is 9.44. The number of aromatic nitrogens is 1. The molecule has 1 amide bonds. The highest BCUT2D eigenvalue weighted by molar-refractivity contribution is 5.79. The zero-order chi connectivity index (χ0) is 17.8.